The zero-order valence-electron chi connectivity index (χ0n) is 11.6. The number of hydrogen-bond acceptors (Lipinski definition) is 4. The number of amides is 1. The third-order valence-electron chi connectivity index (χ3n) is 3.27. The first-order chi connectivity index (χ1) is 10.2. The van der Waals surface area contributed by atoms with Gasteiger partial charge in [-0.05, 0) is 31.0 Å². The second-order valence-electron chi connectivity index (χ2n) is 4.96. The summed E-state index contributed by atoms with van der Waals surface area (Å²) in [6.07, 6.45) is 1.98. The van der Waals surface area contributed by atoms with Crippen LogP contribution in [0.5, 0.6) is 5.75 Å². The molecular weight excluding hydrogens is 270 g/mol. The number of carbonyl (C=O) groups is 1. The Morgan fingerprint density at radius 1 is 1.38 bits per heavy atom. The standard InChI is InChI=1S/C15H15N3O3/c1-21-11-4-2-3-9(7-11)12-8-13(18-15(20)17-12)14(19)16-10-5-6-10/h2-4,7-8,10H,5-6H2,1H3,(H,16,19)(H,17,18,20). The summed E-state index contributed by atoms with van der Waals surface area (Å²) in [5.41, 5.74) is 0.843. The number of aromatic nitrogens is 2. The summed E-state index contributed by atoms with van der Waals surface area (Å²) in [5, 5.41) is 2.84. The predicted octanol–water partition coefficient (Wildman–Crippen LogP) is 1.34. The van der Waals surface area contributed by atoms with Gasteiger partial charge in [0.15, 0.2) is 0 Å². The molecule has 0 spiro atoms. The van der Waals surface area contributed by atoms with Crippen molar-refractivity contribution in [3.8, 4) is 17.0 Å². The molecule has 6 nitrogen and oxygen atoms in total. The van der Waals surface area contributed by atoms with Crippen LogP contribution in [0.15, 0.2) is 35.1 Å². The second kappa shape index (κ2) is 5.40. The average molecular weight is 285 g/mol. The van der Waals surface area contributed by atoms with Crippen LogP contribution < -0.4 is 15.7 Å². The van der Waals surface area contributed by atoms with Crippen LogP contribution in [0.3, 0.4) is 0 Å². The number of nitrogens with one attached hydrogen (secondary N) is 2. The number of carbonyl (C=O) groups excluding carboxylic acids is 1. The van der Waals surface area contributed by atoms with Crippen molar-refractivity contribution >= 4 is 5.91 Å². The van der Waals surface area contributed by atoms with E-state index >= 15 is 0 Å². The molecule has 1 aromatic heterocycles. The normalized spacial score (nSPS) is 13.8. The molecular formula is C15H15N3O3. The highest BCUT2D eigenvalue weighted by Gasteiger charge is 2.24. The lowest BCUT2D eigenvalue weighted by Gasteiger charge is -2.06. The van der Waals surface area contributed by atoms with Crippen molar-refractivity contribution in [2.75, 3.05) is 7.11 Å². The fourth-order valence-electron chi connectivity index (χ4n) is 2.00. The Kier molecular flexibility index (Phi) is 3.43. The van der Waals surface area contributed by atoms with Gasteiger partial charge in [-0.2, -0.15) is 4.98 Å². The maximum absolute atomic E-state index is 12.0. The molecule has 1 aliphatic carbocycles. The molecule has 2 aromatic rings. The van der Waals surface area contributed by atoms with Crippen molar-refractivity contribution in [3.05, 3.63) is 46.5 Å². The average Bonchev–Trinajstić information content (AvgIpc) is 3.30. The molecule has 0 aliphatic heterocycles. The van der Waals surface area contributed by atoms with Crippen molar-refractivity contribution in [1.29, 1.82) is 0 Å². The van der Waals surface area contributed by atoms with Crippen molar-refractivity contribution in [3.63, 3.8) is 0 Å². The third-order valence-corrected chi connectivity index (χ3v) is 3.27. The van der Waals surface area contributed by atoms with Crippen LogP contribution in [0.1, 0.15) is 23.3 Å². The minimum Gasteiger partial charge on any atom is -0.497 e. The summed E-state index contributed by atoms with van der Waals surface area (Å²) in [6.45, 7) is 0. The highest BCUT2D eigenvalue weighted by Crippen LogP contribution is 2.22. The lowest BCUT2D eigenvalue weighted by molar-refractivity contribution is 0.0945. The molecule has 0 unspecified atom stereocenters. The van der Waals surface area contributed by atoms with Crippen molar-refractivity contribution < 1.29 is 9.53 Å². The summed E-state index contributed by atoms with van der Waals surface area (Å²) in [6, 6.07) is 9.00. The van der Waals surface area contributed by atoms with Gasteiger partial charge in [-0.25, -0.2) is 4.79 Å². The van der Waals surface area contributed by atoms with E-state index in [9.17, 15) is 9.59 Å². The van der Waals surface area contributed by atoms with Crippen molar-refractivity contribution in [1.82, 2.24) is 15.3 Å². The number of ether oxygens (including phenoxy) is 1. The second-order valence-corrected chi connectivity index (χ2v) is 4.96. The molecule has 1 heterocycles. The minimum absolute atomic E-state index is 0.222. The largest absolute Gasteiger partial charge is 0.497 e. The van der Waals surface area contributed by atoms with Gasteiger partial charge in [0.2, 0.25) is 0 Å². The molecule has 2 N–H and O–H groups in total. The number of H-pyrrole nitrogens is 1. The highest BCUT2D eigenvalue weighted by atomic mass is 16.5. The number of nitrogens with zero attached hydrogens (tertiary/aromatic N) is 1. The highest BCUT2D eigenvalue weighted by molar-refractivity contribution is 5.93. The first-order valence-electron chi connectivity index (χ1n) is 6.72. The van der Waals surface area contributed by atoms with Gasteiger partial charge >= 0.3 is 5.69 Å². The van der Waals surface area contributed by atoms with Gasteiger partial charge in [0.1, 0.15) is 11.4 Å². The molecule has 21 heavy (non-hydrogen) atoms. The summed E-state index contributed by atoms with van der Waals surface area (Å²) < 4.78 is 5.15. The van der Waals surface area contributed by atoms with Crippen LogP contribution in [-0.2, 0) is 0 Å². The van der Waals surface area contributed by atoms with Gasteiger partial charge in [0, 0.05) is 11.6 Å². The van der Waals surface area contributed by atoms with Crippen LogP contribution in [0, 0.1) is 0 Å². The smallest absolute Gasteiger partial charge is 0.346 e. The number of methoxy groups -OCH3 is 1. The van der Waals surface area contributed by atoms with Gasteiger partial charge < -0.3 is 15.0 Å². The van der Waals surface area contributed by atoms with Crippen LogP contribution in [0.2, 0.25) is 0 Å². The van der Waals surface area contributed by atoms with E-state index in [4.69, 9.17) is 4.74 Å². The van der Waals surface area contributed by atoms with E-state index in [1.807, 2.05) is 6.07 Å². The SMILES string of the molecule is COc1cccc(-c2cc(C(=O)NC3CC3)[nH]c(=O)n2)c1. The van der Waals surface area contributed by atoms with Gasteiger partial charge in [0.05, 0.1) is 12.8 Å². The van der Waals surface area contributed by atoms with Gasteiger partial charge in [-0.3, -0.25) is 4.79 Å². The van der Waals surface area contributed by atoms with Gasteiger partial charge in [0.25, 0.3) is 5.91 Å². The lowest BCUT2D eigenvalue weighted by atomic mass is 10.1. The molecule has 108 valence electrons. The Morgan fingerprint density at radius 3 is 2.90 bits per heavy atom. The zero-order chi connectivity index (χ0) is 14.8. The van der Waals surface area contributed by atoms with Crippen molar-refractivity contribution in [2.45, 2.75) is 18.9 Å². The number of aromatic amines is 1. The van der Waals surface area contributed by atoms with Crippen LogP contribution >= 0.6 is 0 Å². The molecule has 3 rings (SSSR count). The number of hydrogen-bond donors (Lipinski definition) is 2. The Balaban J connectivity index is 1.96. The Morgan fingerprint density at radius 2 is 2.19 bits per heavy atom. The maximum atomic E-state index is 12.0. The number of benzene rings is 1. The fraction of sp³-hybridized carbons (Fsp3) is 0.267. The Labute approximate surface area is 121 Å². The molecule has 0 bridgehead atoms. The minimum atomic E-state index is -0.545. The molecule has 1 saturated carbocycles. The maximum Gasteiger partial charge on any atom is 0.346 e. The van der Waals surface area contributed by atoms with E-state index in [-0.39, 0.29) is 17.6 Å². The molecule has 0 saturated heterocycles. The summed E-state index contributed by atoms with van der Waals surface area (Å²) in [5.74, 6) is 0.389. The Hall–Kier alpha value is -2.63. The molecule has 0 radical (unpaired) electrons. The number of rotatable bonds is 4. The van der Waals surface area contributed by atoms with E-state index in [2.05, 4.69) is 15.3 Å². The monoisotopic (exact) mass is 285 g/mol. The molecule has 6 heteroatoms. The first kappa shape index (κ1) is 13.4. The van der Waals surface area contributed by atoms with Crippen LogP contribution in [-0.4, -0.2) is 29.0 Å². The lowest BCUT2D eigenvalue weighted by Crippen LogP contribution is -2.28. The summed E-state index contributed by atoms with van der Waals surface area (Å²) >= 11 is 0. The van der Waals surface area contributed by atoms with E-state index in [1.54, 1.807) is 31.4 Å². The quantitative estimate of drug-likeness (QED) is 0.887. The first-order valence-corrected chi connectivity index (χ1v) is 6.72. The van der Waals surface area contributed by atoms with Crippen molar-refractivity contribution in [2.24, 2.45) is 0 Å². The van der Waals surface area contributed by atoms with E-state index < -0.39 is 5.69 Å². The molecule has 1 aliphatic rings. The van der Waals surface area contributed by atoms with Gasteiger partial charge in [-0.15, -0.1) is 0 Å². The van der Waals surface area contributed by atoms with E-state index in [0.29, 0.717) is 11.4 Å². The van der Waals surface area contributed by atoms with E-state index in [1.165, 1.54) is 0 Å². The topological polar surface area (TPSA) is 84.1 Å². The third kappa shape index (κ3) is 3.10. The van der Waals surface area contributed by atoms with Crippen LogP contribution in [0.4, 0.5) is 0 Å². The molecule has 0 atom stereocenters. The molecule has 1 aromatic carbocycles. The fourth-order valence-corrected chi connectivity index (χ4v) is 2.00. The van der Waals surface area contributed by atoms with E-state index in [0.717, 1.165) is 18.4 Å². The predicted molar refractivity (Wildman–Crippen MR) is 77.3 cm³/mol. The zero-order valence-corrected chi connectivity index (χ0v) is 11.6. The summed E-state index contributed by atoms with van der Waals surface area (Å²) in [4.78, 5) is 30.1. The molecule has 1 fully saturated rings. The summed E-state index contributed by atoms with van der Waals surface area (Å²) in [7, 11) is 1.57. The molecule has 1 amide bonds. The van der Waals surface area contributed by atoms with Crippen LogP contribution in [0.25, 0.3) is 11.3 Å². The van der Waals surface area contributed by atoms with Gasteiger partial charge in [-0.1, -0.05) is 12.1 Å². The Bertz CT molecular complexity index is 735.